The Labute approximate surface area is 220 Å². The Morgan fingerprint density at radius 1 is 1.11 bits per heavy atom. The van der Waals surface area contributed by atoms with Crippen LogP contribution in [0.4, 0.5) is 14.9 Å². The normalized spacial score (nSPS) is 14.1. The van der Waals surface area contributed by atoms with Crippen molar-refractivity contribution in [1.82, 2.24) is 10.2 Å². The zero-order chi connectivity index (χ0) is 25.7. The SMILES string of the molecule is COc1cc(/C=C2/NC(=O)N(Cc3ccccc3F)C2=O)cc(I)c1OCC(=O)Nc1ccccc1. The highest BCUT2D eigenvalue weighted by molar-refractivity contribution is 14.1. The monoisotopic (exact) mass is 601 g/mol. The number of nitrogens with zero attached hydrogens (tertiary/aromatic N) is 1. The number of anilines is 1. The lowest BCUT2D eigenvalue weighted by atomic mass is 10.1. The molecule has 36 heavy (non-hydrogen) atoms. The van der Waals surface area contributed by atoms with Gasteiger partial charge < -0.3 is 20.1 Å². The molecular weight excluding hydrogens is 580 g/mol. The molecule has 1 fully saturated rings. The van der Waals surface area contributed by atoms with Gasteiger partial charge in [-0.05, 0) is 64.6 Å². The Hall–Kier alpha value is -3.93. The van der Waals surface area contributed by atoms with Gasteiger partial charge in [-0.3, -0.25) is 14.5 Å². The maximum atomic E-state index is 14.0. The lowest BCUT2D eigenvalue weighted by Gasteiger charge is -2.14. The van der Waals surface area contributed by atoms with Crippen molar-refractivity contribution in [2.75, 3.05) is 19.0 Å². The quantitative estimate of drug-likeness (QED) is 0.225. The second-order valence-electron chi connectivity index (χ2n) is 7.71. The highest BCUT2D eigenvalue weighted by Crippen LogP contribution is 2.35. The zero-order valence-corrected chi connectivity index (χ0v) is 21.2. The number of carbonyl (C=O) groups excluding carboxylic acids is 3. The Morgan fingerprint density at radius 3 is 2.56 bits per heavy atom. The number of para-hydroxylation sites is 1. The number of hydrogen-bond donors (Lipinski definition) is 2. The molecule has 1 saturated heterocycles. The standard InChI is InChI=1S/C26H21FIN3O5/c1-35-22-13-16(11-20(28)24(22)36-15-23(32)29-18-8-3-2-4-9-18)12-21-25(33)31(26(34)30-21)14-17-7-5-6-10-19(17)27/h2-13H,14-15H2,1H3,(H,29,32)(H,30,34)/b21-12+. The summed E-state index contributed by atoms with van der Waals surface area (Å²) in [5.74, 6) is -0.690. The van der Waals surface area contributed by atoms with E-state index in [1.807, 2.05) is 40.8 Å². The number of benzene rings is 3. The van der Waals surface area contributed by atoms with Crippen molar-refractivity contribution in [3.8, 4) is 11.5 Å². The van der Waals surface area contributed by atoms with Crippen LogP contribution in [-0.2, 0) is 16.1 Å². The number of methoxy groups -OCH3 is 1. The summed E-state index contributed by atoms with van der Waals surface area (Å²) in [6, 6.07) is 17.7. The lowest BCUT2D eigenvalue weighted by molar-refractivity contribution is -0.123. The van der Waals surface area contributed by atoms with Crippen LogP contribution >= 0.6 is 22.6 Å². The van der Waals surface area contributed by atoms with Crippen molar-refractivity contribution in [2.24, 2.45) is 0 Å². The van der Waals surface area contributed by atoms with Gasteiger partial charge in [0.1, 0.15) is 11.5 Å². The van der Waals surface area contributed by atoms with Gasteiger partial charge in [0.2, 0.25) is 0 Å². The molecule has 184 valence electrons. The van der Waals surface area contributed by atoms with Gasteiger partial charge in [-0.1, -0.05) is 36.4 Å². The van der Waals surface area contributed by atoms with Gasteiger partial charge in [0.25, 0.3) is 11.8 Å². The molecule has 4 amide bonds. The van der Waals surface area contributed by atoms with Crippen LogP contribution in [0.1, 0.15) is 11.1 Å². The van der Waals surface area contributed by atoms with E-state index in [0.717, 1.165) is 4.90 Å². The Balaban J connectivity index is 1.48. The molecule has 4 rings (SSSR count). The summed E-state index contributed by atoms with van der Waals surface area (Å²) in [6.07, 6.45) is 1.50. The average molecular weight is 601 g/mol. The minimum absolute atomic E-state index is 0.0464. The number of amides is 4. The van der Waals surface area contributed by atoms with Gasteiger partial charge in [-0.2, -0.15) is 0 Å². The molecule has 1 aliphatic rings. The van der Waals surface area contributed by atoms with E-state index in [0.29, 0.717) is 26.3 Å². The van der Waals surface area contributed by atoms with Crippen molar-refractivity contribution < 1.29 is 28.2 Å². The Bertz CT molecular complexity index is 1350. The number of imide groups is 1. The van der Waals surface area contributed by atoms with Crippen molar-refractivity contribution in [3.05, 3.63) is 92.9 Å². The van der Waals surface area contributed by atoms with E-state index in [4.69, 9.17) is 9.47 Å². The summed E-state index contributed by atoms with van der Waals surface area (Å²) >= 11 is 2.03. The third-order valence-electron chi connectivity index (χ3n) is 5.22. The minimum atomic E-state index is -0.638. The van der Waals surface area contributed by atoms with Crippen molar-refractivity contribution in [1.29, 1.82) is 0 Å². The van der Waals surface area contributed by atoms with Crippen LogP contribution in [0.15, 0.2) is 72.4 Å². The summed E-state index contributed by atoms with van der Waals surface area (Å²) in [6.45, 7) is -0.422. The second kappa shape index (κ2) is 11.2. The topological polar surface area (TPSA) is 97.0 Å². The van der Waals surface area contributed by atoms with Crippen LogP contribution < -0.4 is 20.1 Å². The molecule has 3 aromatic rings. The second-order valence-corrected chi connectivity index (χ2v) is 8.87. The molecule has 1 heterocycles. The van der Waals surface area contributed by atoms with Crippen LogP contribution in [0.5, 0.6) is 11.5 Å². The number of urea groups is 1. The lowest BCUT2D eigenvalue weighted by Crippen LogP contribution is -2.30. The third-order valence-corrected chi connectivity index (χ3v) is 6.02. The van der Waals surface area contributed by atoms with Crippen molar-refractivity contribution in [2.45, 2.75) is 6.54 Å². The largest absolute Gasteiger partial charge is 0.493 e. The number of hydrogen-bond acceptors (Lipinski definition) is 5. The first kappa shape index (κ1) is 25.2. The number of nitrogens with one attached hydrogen (secondary N) is 2. The minimum Gasteiger partial charge on any atom is -0.493 e. The molecule has 0 bridgehead atoms. The zero-order valence-electron chi connectivity index (χ0n) is 19.1. The molecule has 0 saturated carbocycles. The molecule has 3 aromatic carbocycles. The van der Waals surface area contributed by atoms with Gasteiger partial charge >= 0.3 is 6.03 Å². The van der Waals surface area contributed by atoms with E-state index < -0.39 is 17.8 Å². The van der Waals surface area contributed by atoms with Gasteiger partial charge in [0.15, 0.2) is 18.1 Å². The van der Waals surface area contributed by atoms with Gasteiger partial charge in [0.05, 0.1) is 17.2 Å². The molecule has 10 heteroatoms. The van der Waals surface area contributed by atoms with E-state index >= 15 is 0 Å². The summed E-state index contributed by atoms with van der Waals surface area (Å²) < 4.78 is 25.8. The molecule has 8 nitrogen and oxygen atoms in total. The predicted octanol–water partition coefficient (Wildman–Crippen LogP) is 4.55. The highest BCUT2D eigenvalue weighted by Gasteiger charge is 2.34. The number of rotatable bonds is 8. The van der Waals surface area contributed by atoms with E-state index in [2.05, 4.69) is 10.6 Å². The molecule has 0 spiro atoms. The van der Waals surface area contributed by atoms with Gasteiger partial charge in [-0.15, -0.1) is 0 Å². The molecular formula is C26H21FIN3O5. The third kappa shape index (κ3) is 5.82. The summed E-state index contributed by atoms with van der Waals surface area (Å²) in [5.41, 5.74) is 1.50. The summed E-state index contributed by atoms with van der Waals surface area (Å²) in [7, 11) is 1.46. The van der Waals surface area contributed by atoms with E-state index in [1.165, 1.54) is 31.4 Å². The van der Waals surface area contributed by atoms with Crippen molar-refractivity contribution in [3.63, 3.8) is 0 Å². The molecule has 2 N–H and O–H groups in total. The maximum absolute atomic E-state index is 14.0. The highest BCUT2D eigenvalue weighted by atomic mass is 127. The molecule has 0 aromatic heterocycles. The van der Waals surface area contributed by atoms with E-state index in [9.17, 15) is 18.8 Å². The van der Waals surface area contributed by atoms with Crippen LogP contribution in [0.2, 0.25) is 0 Å². The molecule has 0 atom stereocenters. The Kier molecular flexibility index (Phi) is 7.84. The fraction of sp³-hybridized carbons (Fsp3) is 0.115. The summed E-state index contributed by atoms with van der Waals surface area (Å²) in [5, 5.41) is 5.27. The first-order valence-electron chi connectivity index (χ1n) is 10.8. The first-order valence-corrected chi connectivity index (χ1v) is 11.9. The molecule has 0 radical (unpaired) electrons. The number of ether oxygens (including phenoxy) is 2. The van der Waals surface area contributed by atoms with E-state index in [1.54, 1.807) is 30.3 Å². The predicted molar refractivity (Wildman–Crippen MR) is 140 cm³/mol. The average Bonchev–Trinajstić information content (AvgIpc) is 3.12. The van der Waals surface area contributed by atoms with Crippen LogP contribution in [0.3, 0.4) is 0 Å². The van der Waals surface area contributed by atoms with Crippen LogP contribution in [0.25, 0.3) is 6.08 Å². The van der Waals surface area contributed by atoms with Crippen LogP contribution in [0, 0.1) is 9.39 Å². The smallest absolute Gasteiger partial charge is 0.329 e. The molecule has 0 unspecified atom stereocenters. The van der Waals surface area contributed by atoms with Crippen LogP contribution in [-0.4, -0.2) is 36.5 Å². The number of carbonyl (C=O) groups is 3. The maximum Gasteiger partial charge on any atom is 0.329 e. The fourth-order valence-corrected chi connectivity index (χ4v) is 4.28. The fourth-order valence-electron chi connectivity index (χ4n) is 3.50. The first-order chi connectivity index (χ1) is 17.4. The van der Waals surface area contributed by atoms with Crippen molar-refractivity contribution >= 4 is 52.2 Å². The molecule has 0 aliphatic carbocycles. The Morgan fingerprint density at radius 2 is 1.83 bits per heavy atom. The van der Waals surface area contributed by atoms with Gasteiger partial charge in [-0.25, -0.2) is 9.18 Å². The van der Waals surface area contributed by atoms with Gasteiger partial charge in [0, 0.05) is 11.3 Å². The summed E-state index contributed by atoms with van der Waals surface area (Å²) in [4.78, 5) is 38.4. The number of halogens is 2. The van der Waals surface area contributed by atoms with E-state index in [-0.39, 0.29) is 30.3 Å². The molecule has 1 aliphatic heterocycles.